The largest absolute Gasteiger partial charge is 0.495 e. The van der Waals surface area contributed by atoms with Gasteiger partial charge in [-0.25, -0.2) is 8.42 Å². The fourth-order valence-electron chi connectivity index (χ4n) is 4.12. The van der Waals surface area contributed by atoms with E-state index in [9.17, 15) is 18.0 Å². The van der Waals surface area contributed by atoms with Gasteiger partial charge in [-0.05, 0) is 35.7 Å². The highest BCUT2D eigenvalue weighted by atomic mass is 32.2. The number of anilines is 1. The Morgan fingerprint density at radius 3 is 2.19 bits per heavy atom. The molecular weight excluding hydrogens is 490 g/mol. The average molecular weight is 524 g/mol. The Morgan fingerprint density at radius 2 is 1.57 bits per heavy atom. The lowest BCUT2D eigenvalue weighted by molar-refractivity contribution is -0.139. The number of rotatable bonds is 11. The van der Waals surface area contributed by atoms with Gasteiger partial charge >= 0.3 is 0 Å². The molecule has 37 heavy (non-hydrogen) atoms. The van der Waals surface area contributed by atoms with E-state index >= 15 is 0 Å². The zero-order chi connectivity index (χ0) is 27.0. The van der Waals surface area contributed by atoms with Gasteiger partial charge in [0.25, 0.3) is 0 Å². The number of ether oxygens (including phenoxy) is 1. The monoisotopic (exact) mass is 523 g/mol. The standard InChI is InChI=1S/C28H33N3O5S/c1-21-12-8-9-15-23(21)19-30(25(28(33)29-2)18-22-13-6-5-7-14-22)27(32)20-31(37(4,34)35)24-16-10-11-17-26(24)36-3/h5-17,25H,18-20H2,1-4H3,(H,29,33)/t25-/m0/s1. The maximum absolute atomic E-state index is 13.9. The minimum absolute atomic E-state index is 0.139. The average Bonchev–Trinajstić information content (AvgIpc) is 2.89. The highest BCUT2D eigenvalue weighted by Crippen LogP contribution is 2.30. The van der Waals surface area contributed by atoms with Gasteiger partial charge in [0.2, 0.25) is 21.8 Å². The number of para-hydroxylation sites is 2. The van der Waals surface area contributed by atoms with Crippen LogP contribution in [0.3, 0.4) is 0 Å². The predicted octanol–water partition coefficient (Wildman–Crippen LogP) is 3.16. The van der Waals surface area contributed by atoms with E-state index in [1.54, 1.807) is 24.3 Å². The van der Waals surface area contributed by atoms with E-state index in [0.717, 1.165) is 27.3 Å². The summed E-state index contributed by atoms with van der Waals surface area (Å²) in [6.45, 7) is 1.58. The first-order valence-electron chi connectivity index (χ1n) is 11.9. The Bertz CT molecular complexity index is 1330. The topological polar surface area (TPSA) is 96.0 Å². The molecule has 3 aromatic rings. The maximum atomic E-state index is 13.9. The van der Waals surface area contributed by atoms with Crippen LogP contribution in [0.1, 0.15) is 16.7 Å². The second-order valence-electron chi connectivity index (χ2n) is 8.71. The lowest BCUT2D eigenvalue weighted by Crippen LogP contribution is -2.53. The summed E-state index contributed by atoms with van der Waals surface area (Å²) in [5.41, 5.74) is 2.95. The second kappa shape index (κ2) is 12.4. The van der Waals surface area contributed by atoms with Crippen molar-refractivity contribution < 1.29 is 22.7 Å². The van der Waals surface area contributed by atoms with Crippen molar-refractivity contribution >= 4 is 27.5 Å². The van der Waals surface area contributed by atoms with Crippen molar-refractivity contribution in [2.75, 3.05) is 31.3 Å². The highest BCUT2D eigenvalue weighted by Gasteiger charge is 2.33. The highest BCUT2D eigenvalue weighted by molar-refractivity contribution is 7.92. The SMILES string of the molecule is CNC(=O)[C@H](Cc1ccccc1)N(Cc1ccccc1C)C(=O)CN(c1ccccc1OC)S(C)(=O)=O. The third kappa shape index (κ3) is 7.10. The molecule has 0 saturated carbocycles. The van der Waals surface area contributed by atoms with Crippen molar-refractivity contribution in [2.45, 2.75) is 25.9 Å². The fraction of sp³-hybridized carbons (Fsp3) is 0.286. The number of benzene rings is 3. The molecule has 196 valence electrons. The van der Waals surface area contributed by atoms with E-state index in [0.29, 0.717) is 5.75 Å². The molecule has 0 aliphatic carbocycles. The number of hydrogen-bond acceptors (Lipinski definition) is 5. The summed E-state index contributed by atoms with van der Waals surface area (Å²) in [7, 11) is -0.905. The zero-order valence-electron chi connectivity index (χ0n) is 21.5. The molecule has 0 bridgehead atoms. The molecule has 2 amide bonds. The van der Waals surface area contributed by atoms with Crippen LogP contribution in [-0.2, 0) is 32.6 Å². The van der Waals surface area contributed by atoms with E-state index in [4.69, 9.17) is 4.74 Å². The molecule has 3 aromatic carbocycles. The molecule has 0 radical (unpaired) electrons. The van der Waals surface area contributed by atoms with Gasteiger partial charge in [0.1, 0.15) is 18.3 Å². The lowest BCUT2D eigenvalue weighted by atomic mass is 10.0. The van der Waals surface area contributed by atoms with Crippen LogP contribution in [0.15, 0.2) is 78.9 Å². The van der Waals surface area contributed by atoms with Gasteiger partial charge in [0.05, 0.1) is 19.1 Å². The van der Waals surface area contributed by atoms with Crippen LogP contribution in [-0.4, -0.2) is 58.1 Å². The minimum atomic E-state index is -3.87. The predicted molar refractivity (Wildman–Crippen MR) is 145 cm³/mol. The van der Waals surface area contributed by atoms with Crippen LogP contribution in [0.2, 0.25) is 0 Å². The molecular formula is C28H33N3O5S. The second-order valence-corrected chi connectivity index (χ2v) is 10.6. The molecule has 0 aliphatic heterocycles. The normalized spacial score (nSPS) is 11.9. The van der Waals surface area contributed by atoms with Crippen molar-refractivity contribution in [3.05, 3.63) is 95.6 Å². The Balaban J connectivity index is 2.06. The Kier molecular flexibility index (Phi) is 9.30. The van der Waals surface area contributed by atoms with Crippen molar-refractivity contribution in [3.8, 4) is 5.75 Å². The van der Waals surface area contributed by atoms with E-state index in [2.05, 4.69) is 5.32 Å². The minimum Gasteiger partial charge on any atom is -0.495 e. The van der Waals surface area contributed by atoms with Gasteiger partial charge in [-0.1, -0.05) is 66.7 Å². The van der Waals surface area contributed by atoms with E-state index in [1.807, 2.05) is 61.5 Å². The number of methoxy groups -OCH3 is 1. The molecule has 9 heteroatoms. The number of carbonyl (C=O) groups is 2. The molecule has 0 saturated heterocycles. The Labute approximate surface area is 218 Å². The number of carbonyl (C=O) groups excluding carboxylic acids is 2. The van der Waals surface area contributed by atoms with Gasteiger partial charge < -0.3 is 15.0 Å². The maximum Gasteiger partial charge on any atom is 0.244 e. The number of nitrogens with one attached hydrogen (secondary N) is 1. The molecule has 0 aliphatic rings. The summed E-state index contributed by atoms with van der Waals surface area (Å²) in [5, 5.41) is 2.67. The van der Waals surface area contributed by atoms with Gasteiger partial charge in [-0.15, -0.1) is 0 Å². The van der Waals surface area contributed by atoms with Gasteiger partial charge in [-0.2, -0.15) is 0 Å². The van der Waals surface area contributed by atoms with Crippen LogP contribution in [0.5, 0.6) is 5.75 Å². The van der Waals surface area contributed by atoms with Crippen molar-refractivity contribution in [3.63, 3.8) is 0 Å². The molecule has 0 fully saturated rings. The van der Waals surface area contributed by atoms with Gasteiger partial charge in [0, 0.05) is 20.0 Å². The molecule has 3 rings (SSSR count). The first-order valence-corrected chi connectivity index (χ1v) is 13.7. The summed E-state index contributed by atoms with van der Waals surface area (Å²) in [5.74, 6) is -0.531. The quantitative estimate of drug-likeness (QED) is 0.417. The third-order valence-corrected chi connectivity index (χ3v) is 7.28. The summed E-state index contributed by atoms with van der Waals surface area (Å²) in [6, 6.07) is 22.8. The summed E-state index contributed by atoms with van der Waals surface area (Å²) in [6.07, 6.45) is 1.31. The smallest absolute Gasteiger partial charge is 0.244 e. The number of amides is 2. The number of sulfonamides is 1. The van der Waals surface area contributed by atoms with Gasteiger partial charge in [0.15, 0.2) is 0 Å². The van der Waals surface area contributed by atoms with Gasteiger partial charge in [-0.3, -0.25) is 13.9 Å². The third-order valence-electron chi connectivity index (χ3n) is 6.15. The molecule has 1 atom stereocenters. The molecule has 0 heterocycles. The van der Waals surface area contributed by atoms with Crippen molar-refractivity contribution in [1.29, 1.82) is 0 Å². The summed E-state index contributed by atoms with van der Waals surface area (Å²) < 4.78 is 32.1. The first-order chi connectivity index (χ1) is 17.7. The van der Waals surface area contributed by atoms with Crippen molar-refractivity contribution in [2.24, 2.45) is 0 Å². The van der Waals surface area contributed by atoms with Crippen LogP contribution < -0.4 is 14.4 Å². The first kappa shape index (κ1) is 27.7. The van der Waals surface area contributed by atoms with Crippen LogP contribution >= 0.6 is 0 Å². The number of likely N-dealkylation sites (N-methyl/N-ethyl adjacent to an activating group) is 1. The van der Waals surface area contributed by atoms with Crippen molar-refractivity contribution in [1.82, 2.24) is 10.2 Å². The summed E-state index contributed by atoms with van der Waals surface area (Å²) in [4.78, 5) is 28.5. The van der Waals surface area contributed by atoms with E-state index < -0.39 is 28.5 Å². The van der Waals surface area contributed by atoms with E-state index in [-0.39, 0.29) is 24.6 Å². The number of hydrogen-bond donors (Lipinski definition) is 1. The Morgan fingerprint density at radius 1 is 0.946 bits per heavy atom. The molecule has 0 unspecified atom stereocenters. The van der Waals surface area contributed by atoms with E-state index in [1.165, 1.54) is 19.1 Å². The molecule has 0 spiro atoms. The molecule has 1 N–H and O–H groups in total. The lowest BCUT2D eigenvalue weighted by Gasteiger charge is -2.33. The summed E-state index contributed by atoms with van der Waals surface area (Å²) >= 11 is 0. The Hall–Kier alpha value is -3.85. The van der Waals surface area contributed by atoms with Crippen LogP contribution in [0.25, 0.3) is 0 Å². The molecule has 8 nitrogen and oxygen atoms in total. The number of aryl methyl sites for hydroxylation is 1. The van der Waals surface area contributed by atoms with Crippen LogP contribution in [0, 0.1) is 6.92 Å². The zero-order valence-corrected chi connectivity index (χ0v) is 22.4. The fourth-order valence-corrected chi connectivity index (χ4v) is 4.98. The molecule has 0 aromatic heterocycles. The van der Waals surface area contributed by atoms with Crippen LogP contribution in [0.4, 0.5) is 5.69 Å². The number of nitrogens with zero attached hydrogens (tertiary/aromatic N) is 2.